The Bertz CT molecular complexity index is 645. The first-order valence-corrected chi connectivity index (χ1v) is 8.60. The monoisotopic (exact) mass is 325 g/mol. The number of ether oxygens (including phenoxy) is 1. The van der Waals surface area contributed by atoms with Gasteiger partial charge in [0.15, 0.2) is 6.61 Å². The summed E-state index contributed by atoms with van der Waals surface area (Å²) in [5.41, 5.74) is 3.66. The molecule has 0 aliphatic rings. The average Bonchev–Trinajstić information content (AvgIpc) is 2.60. The van der Waals surface area contributed by atoms with Crippen molar-refractivity contribution < 1.29 is 9.53 Å². The smallest absolute Gasteiger partial charge is 0.258 e. The van der Waals surface area contributed by atoms with Crippen molar-refractivity contribution in [2.75, 3.05) is 6.61 Å². The zero-order chi connectivity index (χ0) is 17.5. The van der Waals surface area contributed by atoms with E-state index < -0.39 is 0 Å². The molecule has 2 aromatic carbocycles. The van der Waals surface area contributed by atoms with Gasteiger partial charge in [0.1, 0.15) is 5.75 Å². The molecule has 1 N–H and O–H groups in total. The molecule has 0 fully saturated rings. The number of hydrogen-bond donors (Lipinski definition) is 1. The molecule has 0 saturated carbocycles. The normalized spacial score (nSPS) is 12.0. The maximum atomic E-state index is 12.1. The van der Waals surface area contributed by atoms with Gasteiger partial charge < -0.3 is 10.1 Å². The van der Waals surface area contributed by atoms with E-state index in [0.29, 0.717) is 5.92 Å². The fourth-order valence-corrected chi connectivity index (χ4v) is 2.51. The second-order valence-corrected chi connectivity index (χ2v) is 6.40. The van der Waals surface area contributed by atoms with Crippen LogP contribution in [0.1, 0.15) is 56.3 Å². The molecule has 0 heterocycles. The molecular weight excluding hydrogens is 298 g/mol. The highest BCUT2D eigenvalue weighted by molar-refractivity contribution is 5.78. The second kappa shape index (κ2) is 8.53. The molecule has 0 aliphatic heterocycles. The third-order valence-corrected chi connectivity index (χ3v) is 4.18. The van der Waals surface area contributed by atoms with Gasteiger partial charge in [-0.25, -0.2) is 0 Å². The van der Waals surface area contributed by atoms with Gasteiger partial charge >= 0.3 is 0 Å². The summed E-state index contributed by atoms with van der Waals surface area (Å²) in [5.74, 6) is 1.09. The second-order valence-electron chi connectivity index (χ2n) is 6.40. The molecule has 0 saturated heterocycles. The molecule has 1 amide bonds. The largest absolute Gasteiger partial charge is 0.484 e. The third kappa shape index (κ3) is 5.12. The number of nitrogens with one attached hydrogen (secondary N) is 1. The van der Waals surface area contributed by atoms with Gasteiger partial charge in [0.2, 0.25) is 0 Å². The first-order valence-electron chi connectivity index (χ1n) is 8.60. The summed E-state index contributed by atoms with van der Waals surface area (Å²) in [6.45, 7) is 8.44. The maximum Gasteiger partial charge on any atom is 0.258 e. The van der Waals surface area contributed by atoms with E-state index in [2.05, 4.69) is 50.4 Å². The number of hydrogen-bond acceptors (Lipinski definition) is 2. The first kappa shape index (κ1) is 18.1. The van der Waals surface area contributed by atoms with E-state index in [4.69, 9.17) is 4.74 Å². The molecule has 3 heteroatoms. The van der Waals surface area contributed by atoms with Crippen molar-refractivity contribution >= 4 is 5.91 Å². The Kier molecular flexibility index (Phi) is 6.42. The third-order valence-electron chi connectivity index (χ3n) is 4.18. The summed E-state index contributed by atoms with van der Waals surface area (Å²) >= 11 is 0. The van der Waals surface area contributed by atoms with Crippen molar-refractivity contribution in [1.82, 2.24) is 5.32 Å². The van der Waals surface area contributed by atoms with Gasteiger partial charge in [-0.1, -0.05) is 57.2 Å². The van der Waals surface area contributed by atoms with Crippen molar-refractivity contribution in [2.24, 2.45) is 0 Å². The summed E-state index contributed by atoms with van der Waals surface area (Å²) in [6.07, 6.45) is 1.02. The van der Waals surface area contributed by atoms with E-state index in [1.807, 2.05) is 31.2 Å². The van der Waals surface area contributed by atoms with Crippen LogP contribution in [0.4, 0.5) is 0 Å². The van der Waals surface area contributed by atoms with Crippen LogP contribution < -0.4 is 10.1 Å². The lowest BCUT2D eigenvalue weighted by Gasteiger charge is -2.15. The number of carbonyl (C=O) groups excluding carboxylic acids is 1. The van der Waals surface area contributed by atoms with Crippen LogP contribution in [-0.2, 0) is 11.2 Å². The van der Waals surface area contributed by atoms with E-state index >= 15 is 0 Å². The fraction of sp³-hybridized carbons (Fsp3) is 0.381. The minimum Gasteiger partial charge on any atom is -0.484 e. The van der Waals surface area contributed by atoms with E-state index in [-0.39, 0.29) is 18.6 Å². The summed E-state index contributed by atoms with van der Waals surface area (Å²) in [5, 5.41) is 2.97. The van der Waals surface area contributed by atoms with Gasteiger partial charge in [0.25, 0.3) is 5.91 Å². The lowest BCUT2D eigenvalue weighted by atomic mass is 10.0. The average molecular weight is 325 g/mol. The summed E-state index contributed by atoms with van der Waals surface area (Å²) in [6, 6.07) is 16.2. The van der Waals surface area contributed by atoms with Crippen LogP contribution in [0, 0.1) is 0 Å². The molecule has 0 aromatic heterocycles. The van der Waals surface area contributed by atoms with Gasteiger partial charge in [0.05, 0.1) is 6.04 Å². The number of amides is 1. The SMILES string of the molecule is CCc1ccc([C@@H](C)NC(=O)COc2ccc(C(C)C)cc2)cc1. The molecule has 128 valence electrons. The van der Waals surface area contributed by atoms with Gasteiger partial charge in [-0.2, -0.15) is 0 Å². The fourth-order valence-electron chi connectivity index (χ4n) is 2.51. The van der Waals surface area contributed by atoms with Crippen molar-refractivity contribution in [2.45, 2.75) is 46.1 Å². The van der Waals surface area contributed by atoms with Gasteiger partial charge in [-0.05, 0) is 48.1 Å². The van der Waals surface area contributed by atoms with Crippen LogP contribution >= 0.6 is 0 Å². The lowest BCUT2D eigenvalue weighted by molar-refractivity contribution is -0.123. The number of rotatable bonds is 7. The van der Waals surface area contributed by atoms with Crippen LogP contribution in [0.2, 0.25) is 0 Å². The standard InChI is InChI=1S/C21H27NO2/c1-5-17-6-8-19(9-7-17)16(4)22-21(23)14-24-20-12-10-18(11-13-20)15(2)3/h6-13,15-16H,5,14H2,1-4H3,(H,22,23)/t16-/m1/s1. The Morgan fingerprint density at radius 3 is 2.08 bits per heavy atom. The topological polar surface area (TPSA) is 38.3 Å². The molecule has 0 bridgehead atoms. The molecule has 24 heavy (non-hydrogen) atoms. The Morgan fingerprint density at radius 1 is 0.958 bits per heavy atom. The van der Waals surface area contributed by atoms with Crippen molar-refractivity contribution in [3.05, 3.63) is 65.2 Å². The van der Waals surface area contributed by atoms with Crippen LogP contribution in [0.5, 0.6) is 5.75 Å². The van der Waals surface area contributed by atoms with E-state index in [1.165, 1.54) is 11.1 Å². The van der Waals surface area contributed by atoms with Crippen LogP contribution in [-0.4, -0.2) is 12.5 Å². The number of benzene rings is 2. The van der Waals surface area contributed by atoms with Crippen LogP contribution in [0.25, 0.3) is 0 Å². The Labute approximate surface area is 145 Å². The van der Waals surface area contributed by atoms with Gasteiger partial charge in [0, 0.05) is 0 Å². The predicted molar refractivity (Wildman–Crippen MR) is 98.4 cm³/mol. The minimum atomic E-state index is -0.116. The van der Waals surface area contributed by atoms with E-state index in [9.17, 15) is 4.79 Å². The highest BCUT2D eigenvalue weighted by Crippen LogP contribution is 2.18. The minimum absolute atomic E-state index is 0.0262. The van der Waals surface area contributed by atoms with Gasteiger partial charge in [-0.3, -0.25) is 4.79 Å². The zero-order valence-electron chi connectivity index (χ0n) is 15.0. The summed E-state index contributed by atoms with van der Waals surface area (Å²) < 4.78 is 5.56. The quantitative estimate of drug-likeness (QED) is 0.806. The van der Waals surface area contributed by atoms with Crippen molar-refractivity contribution in [3.8, 4) is 5.75 Å². The molecule has 0 radical (unpaired) electrons. The van der Waals surface area contributed by atoms with Crippen LogP contribution in [0.15, 0.2) is 48.5 Å². The van der Waals surface area contributed by atoms with Crippen LogP contribution in [0.3, 0.4) is 0 Å². The molecule has 3 nitrogen and oxygen atoms in total. The van der Waals surface area contributed by atoms with E-state index in [1.54, 1.807) is 0 Å². The Morgan fingerprint density at radius 2 is 1.54 bits per heavy atom. The molecule has 2 aromatic rings. The molecule has 0 unspecified atom stereocenters. The highest BCUT2D eigenvalue weighted by Gasteiger charge is 2.10. The molecule has 0 aliphatic carbocycles. The summed E-state index contributed by atoms with van der Waals surface area (Å²) in [7, 11) is 0. The summed E-state index contributed by atoms with van der Waals surface area (Å²) in [4.78, 5) is 12.1. The molecule has 0 spiro atoms. The highest BCUT2D eigenvalue weighted by atomic mass is 16.5. The van der Waals surface area contributed by atoms with E-state index in [0.717, 1.165) is 17.7 Å². The zero-order valence-corrected chi connectivity index (χ0v) is 15.0. The number of aryl methyl sites for hydroxylation is 1. The molecular formula is C21H27NO2. The molecule has 2 rings (SSSR count). The Hall–Kier alpha value is -2.29. The lowest BCUT2D eigenvalue weighted by Crippen LogP contribution is -2.31. The Balaban J connectivity index is 1.83. The number of carbonyl (C=O) groups is 1. The maximum absolute atomic E-state index is 12.1. The predicted octanol–water partition coefficient (Wildman–Crippen LogP) is 4.63. The molecule has 1 atom stereocenters. The van der Waals surface area contributed by atoms with Crippen molar-refractivity contribution in [1.29, 1.82) is 0 Å². The van der Waals surface area contributed by atoms with Gasteiger partial charge in [-0.15, -0.1) is 0 Å². The van der Waals surface area contributed by atoms with Crippen molar-refractivity contribution in [3.63, 3.8) is 0 Å². The first-order chi connectivity index (χ1) is 11.5.